The molecule has 0 amide bonds. The van der Waals surface area contributed by atoms with Gasteiger partial charge in [-0.05, 0) is 18.1 Å². The second-order valence-corrected chi connectivity index (χ2v) is 8.74. The summed E-state index contributed by atoms with van der Waals surface area (Å²) in [7, 11) is 1.79. The van der Waals surface area contributed by atoms with Gasteiger partial charge in [0.05, 0.1) is 10.6 Å². The van der Waals surface area contributed by atoms with Crippen LogP contribution >= 0.6 is 22.7 Å². The summed E-state index contributed by atoms with van der Waals surface area (Å²) >= 11 is 2.90. The van der Waals surface area contributed by atoms with Crippen molar-refractivity contribution in [2.75, 3.05) is 0 Å². The molecule has 0 unspecified atom stereocenters. The lowest BCUT2D eigenvalue weighted by molar-refractivity contribution is 0.427. The monoisotopic (exact) mass is 397 g/mol. The third-order valence-corrected chi connectivity index (χ3v) is 6.01. The van der Waals surface area contributed by atoms with E-state index in [1.807, 2.05) is 36.6 Å². The minimum Gasteiger partial charge on any atom is -0.493 e. The number of aliphatic imine (C=N–C) groups is 1. The molecule has 3 aromatic rings. The molecule has 3 heterocycles. The Kier molecular flexibility index (Phi) is 4.75. The van der Waals surface area contributed by atoms with E-state index in [9.17, 15) is 5.11 Å². The van der Waals surface area contributed by atoms with Crippen molar-refractivity contribution in [1.82, 2.24) is 14.8 Å². The molecule has 1 N–H and O–H groups in total. The molecule has 27 heavy (non-hydrogen) atoms. The highest BCUT2D eigenvalue weighted by Gasteiger charge is 2.15. The highest BCUT2D eigenvalue weighted by atomic mass is 32.1. The van der Waals surface area contributed by atoms with Gasteiger partial charge in [-0.3, -0.25) is 9.56 Å². The Morgan fingerprint density at radius 2 is 2.04 bits per heavy atom. The zero-order chi connectivity index (χ0) is 19.0. The summed E-state index contributed by atoms with van der Waals surface area (Å²) in [5, 5.41) is 20.5. The van der Waals surface area contributed by atoms with Crippen LogP contribution in [0.15, 0.2) is 34.3 Å². The summed E-state index contributed by atoms with van der Waals surface area (Å²) in [5.74, 6) is 0.706. The molecule has 6 nitrogen and oxygen atoms in total. The summed E-state index contributed by atoms with van der Waals surface area (Å²) < 4.78 is 1.67. The zero-order valence-corrected chi connectivity index (χ0v) is 16.9. The predicted molar refractivity (Wildman–Crippen MR) is 111 cm³/mol. The van der Waals surface area contributed by atoms with Crippen molar-refractivity contribution in [1.29, 1.82) is 0 Å². The van der Waals surface area contributed by atoms with Crippen LogP contribution in [0, 0.1) is 5.92 Å². The Morgan fingerprint density at radius 3 is 2.85 bits per heavy atom. The number of nitrogens with zero attached hydrogens (tertiary/aromatic N) is 5. The van der Waals surface area contributed by atoms with E-state index in [4.69, 9.17) is 0 Å². The molecule has 1 aromatic carbocycles. The first-order valence-corrected chi connectivity index (χ1v) is 10.3. The maximum atomic E-state index is 10.5. The zero-order valence-electron chi connectivity index (χ0n) is 15.2. The second-order valence-electron chi connectivity index (χ2n) is 6.69. The van der Waals surface area contributed by atoms with E-state index in [1.165, 1.54) is 22.7 Å². The van der Waals surface area contributed by atoms with Crippen molar-refractivity contribution in [3.05, 3.63) is 44.5 Å². The summed E-state index contributed by atoms with van der Waals surface area (Å²) in [6, 6.07) is 7.96. The third-order valence-electron chi connectivity index (χ3n) is 4.10. The van der Waals surface area contributed by atoms with Crippen LogP contribution in [0.4, 0.5) is 10.8 Å². The van der Waals surface area contributed by atoms with Gasteiger partial charge in [0.25, 0.3) is 0 Å². The highest BCUT2D eigenvalue weighted by molar-refractivity contribution is 7.15. The number of allylic oxidation sites excluding steroid dienone is 1. The Morgan fingerprint density at radius 1 is 1.22 bits per heavy atom. The molecule has 0 aliphatic carbocycles. The minimum atomic E-state index is 0.177. The minimum absolute atomic E-state index is 0.177. The Labute approximate surface area is 164 Å². The van der Waals surface area contributed by atoms with Gasteiger partial charge in [0.1, 0.15) is 5.01 Å². The number of aromatic hydroxyl groups is 1. The largest absolute Gasteiger partial charge is 0.493 e. The molecule has 4 rings (SSSR count). The van der Waals surface area contributed by atoms with Gasteiger partial charge in [-0.1, -0.05) is 54.7 Å². The molecule has 1 aliphatic heterocycles. The fourth-order valence-electron chi connectivity index (χ4n) is 2.76. The van der Waals surface area contributed by atoms with Crippen LogP contribution in [-0.2, 0) is 13.5 Å². The number of para-hydroxylation sites is 1. The average Bonchev–Trinajstić information content (AvgIpc) is 3.31. The van der Waals surface area contributed by atoms with E-state index in [0.29, 0.717) is 15.9 Å². The quantitative estimate of drug-likeness (QED) is 0.712. The van der Waals surface area contributed by atoms with Crippen LogP contribution in [0.2, 0.25) is 0 Å². The maximum absolute atomic E-state index is 10.5. The topological polar surface area (TPSA) is 75.7 Å². The summed E-state index contributed by atoms with van der Waals surface area (Å²) in [6.07, 6.45) is 4.66. The molecular formula is C19H19N5OS2. The molecule has 138 valence electrons. The molecule has 0 radical (unpaired) electrons. The second kappa shape index (κ2) is 7.21. The molecule has 8 heteroatoms. The smallest absolute Gasteiger partial charge is 0.234 e. The van der Waals surface area contributed by atoms with Gasteiger partial charge in [-0.2, -0.15) is 4.99 Å². The summed E-state index contributed by atoms with van der Waals surface area (Å²) in [4.78, 5) is 10.4. The predicted octanol–water partition coefficient (Wildman–Crippen LogP) is 4.33. The fourth-order valence-corrected chi connectivity index (χ4v) is 4.71. The van der Waals surface area contributed by atoms with E-state index in [1.54, 1.807) is 11.6 Å². The van der Waals surface area contributed by atoms with Gasteiger partial charge in [0, 0.05) is 30.8 Å². The van der Waals surface area contributed by atoms with Crippen molar-refractivity contribution < 1.29 is 5.11 Å². The van der Waals surface area contributed by atoms with Crippen LogP contribution in [0.1, 0.15) is 29.3 Å². The molecule has 0 atom stereocenters. The SMILES string of the molecule is CC(C)Cc1nnc(N=c2sc(C=C3C=Nc4ccccc43)c(O)n2C)s1. The van der Waals surface area contributed by atoms with Gasteiger partial charge in [-0.15, -0.1) is 10.2 Å². The van der Waals surface area contributed by atoms with Crippen LogP contribution in [0.5, 0.6) is 5.88 Å². The average molecular weight is 398 g/mol. The standard InChI is InChI=1S/C19H19N5OS2/c1-11(2)8-16-22-23-18(27-16)21-19-24(3)17(25)15(26-19)9-12-10-20-14-7-5-4-6-13(12)14/h4-7,9-11,25H,8H2,1-3H3. The number of aromatic nitrogens is 3. The van der Waals surface area contributed by atoms with E-state index in [2.05, 4.69) is 34.0 Å². The number of benzene rings is 1. The van der Waals surface area contributed by atoms with Crippen molar-refractivity contribution in [2.45, 2.75) is 20.3 Å². The molecule has 0 spiro atoms. The van der Waals surface area contributed by atoms with Crippen molar-refractivity contribution in [3.63, 3.8) is 0 Å². The van der Waals surface area contributed by atoms with Gasteiger partial charge in [0.15, 0.2) is 4.80 Å². The van der Waals surface area contributed by atoms with E-state index >= 15 is 0 Å². The first-order chi connectivity index (χ1) is 13.0. The molecule has 0 bridgehead atoms. The lowest BCUT2D eigenvalue weighted by Crippen LogP contribution is -2.08. The first kappa shape index (κ1) is 17.8. The lowest BCUT2D eigenvalue weighted by Gasteiger charge is -1.98. The summed E-state index contributed by atoms with van der Waals surface area (Å²) in [6.45, 7) is 4.31. The Hall–Kier alpha value is -2.58. The van der Waals surface area contributed by atoms with Crippen LogP contribution in [-0.4, -0.2) is 26.1 Å². The van der Waals surface area contributed by atoms with Crippen LogP contribution in [0.25, 0.3) is 11.6 Å². The number of rotatable bonds is 4. The number of hydrogen-bond acceptors (Lipinski definition) is 7. The molecule has 2 aromatic heterocycles. The van der Waals surface area contributed by atoms with E-state index in [-0.39, 0.29) is 5.88 Å². The van der Waals surface area contributed by atoms with E-state index in [0.717, 1.165) is 33.1 Å². The van der Waals surface area contributed by atoms with Gasteiger partial charge in [-0.25, -0.2) is 0 Å². The maximum Gasteiger partial charge on any atom is 0.234 e. The summed E-state index contributed by atoms with van der Waals surface area (Å²) in [5.41, 5.74) is 2.99. The molecule has 0 fully saturated rings. The Bertz CT molecular complexity index is 1120. The van der Waals surface area contributed by atoms with Crippen molar-refractivity contribution >= 4 is 51.4 Å². The van der Waals surface area contributed by atoms with Crippen LogP contribution < -0.4 is 4.80 Å². The first-order valence-electron chi connectivity index (χ1n) is 8.62. The normalized spacial score (nSPS) is 15.3. The highest BCUT2D eigenvalue weighted by Crippen LogP contribution is 2.34. The Balaban J connectivity index is 1.69. The number of hydrogen-bond donors (Lipinski definition) is 1. The van der Waals surface area contributed by atoms with Crippen LogP contribution in [0.3, 0.4) is 0 Å². The van der Waals surface area contributed by atoms with Gasteiger partial charge in [0.2, 0.25) is 11.0 Å². The number of fused-ring (bicyclic) bond motifs is 1. The molecular weight excluding hydrogens is 378 g/mol. The molecule has 0 saturated carbocycles. The third kappa shape index (κ3) is 3.63. The fraction of sp³-hybridized carbons (Fsp3) is 0.263. The van der Waals surface area contributed by atoms with Crippen molar-refractivity contribution in [3.8, 4) is 5.88 Å². The van der Waals surface area contributed by atoms with Gasteiger partial charge >= 0.3 is 0 Å². The molecule has 1 aliphatic rings. The van der Waals surface area contributed by atoms with E-state index < -0.39 is 0 Å². The molecule has 0 saturated heterocycles. The lowest BCUT2D eigenvalue weighted by atomic mass is 10.1. The van der Waals surface area contributed by atoms with Crippen molar-refractivity contribution in [2.24, 2.45) is 23.0 Å². The van der Waals surface area contributed by atoms with Gasteiger partial charge < -0.3 is 5.11 Å². The number of thiazole rings is 1.